The summed E-state index contributed by atoms with van der Waals surface area (Å²) in [5.74, 6) is 1.64. The molecule has 1 rings (SSSR count). The standard InChI is InChI=1S/C19H34N2O3/c1-19(2,3)17-12-16(23-6)8-9-18(17)24-14-15(22)13-20-10-7-11-21(4)5/h8-9,12,15,20,22H,7,10-11,13-14H2,1-6H3/p+2/t15-/m0/s1. The van der Waals surface area contributed by atoms with Crippen LogP contribution in [0, 0.1) is 0 Å². The van der Waals surface area contributed by atoms with Crippen LogP contribution in [-0.2, 0) is 5.41 Å². The molecule has 5 heteroatoms. The van der Waals surface area contributed by atoms with Gasteiger partial charge in [0.25, 0.3) is 0 Å². The Labute approximate surface area is 147 Å². The predicted octanol–water partition coefficient (Wildman–Crippen LogP) is -0.170. The van der Waals surface area contributed by atoms with Gasteiger partial charge in [-0.2, -0.15) is 0 Å². The highest BCUT2D eigenvalue weighted by Gasteiger charge is 2.20. The molecule has 0 saturated carbocycles. The molecule has 0 aliphatic rings. The second kappa shape index (κ2) is 9.87. The van der Waals surface area contributed by atoms with Crippen LogP contribution >= 0.6 is 0 Å². The highest BCUT2D eigenvalue weighted by Crippen LogP contribution is 2.34. The zero-order valence-electron chi connectivity index (χ0n) is 16.2. The van der Waals surface area contributed by atoms with E-state index in [4.69, 9.17) is 9.47 Å². The Morgan fingerprint density at radius 2 is 1.96 bits per heavy atom. The summed E-state index contributed by atoms with van der Waals surface area (Å²) in [5, 5.41) is 12.3. The van der Waals surface area contributed by atoms with Gasteiger partial charge in [0.15, 0.2) is 0 Å². The van der Waals surface area contributed by atoms with Crippen molar-refractivity contribution < 1.29 is 24.8 Å². The molecular weight excluding hydrogens is 304 g/mol. The van der Waals surface area contributed by atoms with E-state index in [-0.39, 0.29) is 5.41 Å². The molecule has 138 valence electrons. The van der Waals surface area contributed by atoms with E-state index >= 15 is 0 Å². The van der Waals surface area contributed by atoms with Gasteiger partial charge in [-0.1, -0.05) is 20.8 Å². The van der Waals surface area contributed by atoms with Crippen molar-refractivity contribution in [2.45, 2.75) is 38.7 Å². The summed E-state index contributed by atoms with van der Waals surface area (Å²) in [6, 6.07) is 5.83. The molecule has 0 aliphatic heterocycles. The number of aliphatic hydroxyl groups excluding tert-OH is 1. The summed E-state index contributed by atoms with van der Waals surface area (Å²) in [4.78, 5) is 1.46. The van der Waals surface area contributed by atoms with E-state index in [2.05, 4.69) is 40.2 Å². The number of hydrogen-bond donors (Lipinski definition) is 3. The average molecular weight is 341 g/mol. The van der Waals surface area contributed by atoms with Crippen molar-refractivity contribution in [3.05, 3.63) is 23.8 Å². The van der Waals surface area contributed by atoms with Gasteiger partial charge >= 0.3 is 0 Å². The van der Waals surface area contributed by atoms with Gasteiger partial charge in [0.1, 0.15) is 30.8 Å². The lowest BCUT2D eigenvalue weighted by molar-refractivity contribution is -0.860. The fourth-order valence-corrected chi connectivity index (χ4v) is 2.51. The van der Waals surface area contributed by atoms with E-state index in [1.807, 2.05) is 18.2 Å². The lowest BCUT2D eigenvalue weighted by atomic mass is 9.86. The van der Waals surface area contributed by atoms with Gasteiger partial charge in [-0.05, 0) is 23.6 Å². The van der Waals surface area contributed by atoms with Crippen LogP contribution < -0.4 is 19.7 Å². The van der Waals surface area contributed by atoms with Crippen molar-refractivity contribution in [1.82, 2.24) is 0 Å². The molecule has 24 heavy (non-hydrogen) atoms. The first-order valence-corrected chi connectivity index (χ1v) is 8.84. The first-order chi connectivity index (χ1) is 11.2. The predicted molar refractivity (Wildman–Crippen MR) is 97.1 cm³/mol. The van der Waals surface area contributed by atoms with Crippen molar-refractivity contribution in [2.75, 3.05) is 47.4 Å². The third kappa shape index (κ3) is 7.51. The Morgan fingerprint density at radius 1 is 1.25 bits per heavy atom. The molecule has 0 aliphatic carbocycles. The van der Waals surface area contributed by atoms with Gasteiger partial charge in [-0.15, -0.1) is 0 Å². The molecule has 0 unspecified atom stereocenters. The first-order valence-electron chi connectivity index (χ1n) is 8.84. The molecular formula is C19H36N2O3+2. The molecule has 0 saturated heterocycles. The van der Waals surface area contributed by atoms with E-state index < -0.39 is 6.10 Å². The quantitative estimate of drug-likeness (QED) is 0.519. The van der Waals surface area contributed by atoms with Crippen molar-refractivity contribution >= 4 is 0 Å². The van der Waals surface area contributed by atoms with E-state index in [1.165, 1.54) is 4.90 Å². The maximum atomic E-state index is 10.1. The van der Waals surface area contributed by atoms with Gasteiger partial charge in [0.2, 0.25) is 0 Å². The monoisotopic (exact) mass is 340 g/mol. The number of benzene rings is 1. The van der Waals surface area contributed by atoms with E-state index in [9.17, 15) is 5.11 Å². The van der Waals surface area contributed by atoms with Crippen LogP contribution in [0.4, 0.5) is 0 Å². The number of nitrogens with two attached hydrogens (primary N) is 1. The summed E-state index contributed by atoms with van der Waals surface area (Å²) >= 11 is 0. The molecule has 0 bridgehead atoms. The maximum Gasteiger partial charge on any atom is 0.137 e. The molecule has 0 aromatic heterocycles. The average Bonchev–Trinajstić information content (AvgIpc) is 2.51. The second-order valence-corrected chi connectivity index (χ2v) is 7.70. The van der Waals surface area contributed by atoms with Crippen LogP contribution in [0.5, 0.6) is 11.5 Å². The molecule has 0 spiro atoms. The molecule has 5 nitrogen and oxygen atoms in total. The van der Waals surface area contributed by atoms with Gasteiger partial charge in [-0.25, -0.2) is 0 Å². The van der Waals surface area contributed by atoms with E-state index in [0.29, 0.717) is 13.2 Å². The zero-order chi connectivity index (χ0) is 18.2. The number of methoxy groups -OCH3 is 1. The van der Waals surface area contributed by atoms with Crippen molar-refractivity contribution in [2.24, 2.45) is 0 Å². The fourth-order valence-electron chi connectivity index (χ4n) is 2.51. The van der Waals surface area contributed by atoms with Gasteiger partial charge < -0.3 is 24.8 Å². The minimum atomic E-state index is -0.466. The highest BCUT2D eigenvalue weighted by atomic mass is 16.5. The van der Waals surface area contributed by atoms with Crippen LogP contribution in [0.15, 0.2) is 18.2 Å². The van der Waals surface area contributed by atoms with Gasteiger partial charge in [0.05, 0.1) is 34.3 Å². The van der Waals surface area contributed by atoms with Crippen LogP contribution in [-0.4, -0.2) is 58.7 Å². The summed E-state index contributed by atoms with van der Waals surface area (Å²) < 4.78 is 11.2. The molecule has 0 radical (unpaired) electrons. The molecule has 0 amide bonds. The highest BCUT2D eigenvalue weighted by molar-refractivity contribution is 5.44. The number of nitrogens with one attached hydrogen (secondary N) is 1. The third-order valence-corrected chi connectivity index (χ3v) is 3.95. The molecule has 1 atom stereocenters. The third-order valence-electron chi connectivity index (χ3n) is 3.95. The van der Waals surface area contributed by atoms with Crippen molar-refractivity contribution in [3.63, 3.8) is 0 Å². The number of rotatable bonds is 10. The molecule has 1 aromatic carbocycles. The summed E-state index contributed by atoms with van der Waals surface area (Å²) in [6.07, 6.45) is 0.689. The Bertz CT molecular complexity index is 484. The molecule has 0 fully saturated rings. The Hall–Kier alpha value is -1.30. The van der Waals surface area contributed by atoms with Crippen LogP contribution in [0.1, 0.15) is 32.8 Å². The normalized spacial score (nSPS) is 13.2. The summed E-state index contributed by atoms with van der Waals surface area (Å²) in [6.45, 7) is 9.61. The van der Waals surface area contributed by atoms with Crippen LogP contribution in [0.25, 0.3) is 0 Å². The largest absolute Gasteiger partial charge is 0.497 e. The fraction of sp³-hybridized carbons (Fsp3) is 0.684. The number of hydrogen-bond acceptors (Lipinski definition) is 3. The lowest BCUT2D eigenvalue weighted by Gasteiger charge is -2.24. The van der Waals surface area contributed by atoms with Crippen molar-refractivity contribution in [3.8, 4) is 11.5 Å². The van der Waals surface area contributed by atoms with Gasteiger partial charge in [0, 0.05) is 12.0 Å². The minimum Gasteiger partial charge on any atom is -0.497 e. The van der Waals surface area contributed by atoms with Gasteiger partial charge in [-0.3, -0.25) is 0 Å². The van der Waals surface area contributed by atoms with Crippen LogP contribution in [0.2, 0.25) is 0 Å². The van der Waals surface area contributed by atoms with Crippen LogP contribution in [0.3, 0.4) is 0 Å². The molecule has 0 heterocycles. The lowest BCUT2D eigenvalue weighted by Crippen LogP contribution is -3.06. The summed E-state index contributed by atoms with van der Waals surface area (Å²) in [5.41, 5.74) is 1.04. The number of aliphatic hydroxyl groups is 1. The maximum absolute atomic E-state index is 10.1. The van der Waals surface area contributed by atoms with E-state index in [0.717, 1.165) is 36.6 Å². The van der Waals surface area contributed by atoms with Crippen molar-refractivity contribution in [1.29, 1.82) is 0 Å². The van der Waals surface area contributed by atoms with E-state index in [1.54, 1.807) is 7.11 Å². The Kier molecular flexibility index (Phi) is 8.53. The number of quaternary nitrogens is 2. The summed E-state index contributed by atoms with van der Waals surface area (Å²) in [7, 11) is 5.98. The zero-order valence-corrected chi connectivity index (χ0v) is 16.2. The first kappa shape index (κ1) is 20.7. The Morgan fingerprint density at radius 3 is 2.54 bits per heavy atom. The topological polar surface area (TPSA) is 59.7 Å². The molecule has 1 aromatic rings. The minimum absolute atomic E-state index is 0.0462. The number of ether oxygens (including phenoxy) is 2. The second-order valence-electron chi connectivity index (χ2n) is 7.70. The SMILES string of the molecule is COc1ccc(OC[C@@H](O)C[NH2+]CCC[NH+](C)C)c(C(C)(C)C)c1. The smallest absolute Gasteiger partial charge is 0.137 e. The Balaban J connectivity index is 2.49. The molecule has 4 N–H and O–H groups in total.